The molecule has 1 heterocycles. The highest BCUT2D eigenvalue weighted by atomic mass is 35.5. The maximum atomic E-state index is 12.3. The van der Waals surface area contributed by atoms with Gasteiger partial charge in [-0.05, 0) is 50.6 Å². The van der Waals surface area contributed by atoms with E-state index in [2.05, 4.69) is 4.90 Å². The SMILES string of the molecule is CCOC(=O)C(c1ccc(Cl)c(Cl)c1)N1CCCCC1. The Morgan fingerprint density at radius 1 is 1.25 bits per heavy atom. The smallest absolute Gasteiger partial charge is 0.328 e. The number of hydrogen-bond acceptors (Lipinski definition) is 3. The van der Waals surface area contributed by atoms with Gasteiger partial charge >= 0.3 is 5.97 Å². The van der Waals surface area contributed by atoms with Crippen LogP contribution >= 0.6 is 23.2 Å². The van der Waals surface area contributed by atoms with Gasteiger partial charge in [0.2, 0.25) is 0 Å². The van der Waals surface area contributed by atoms with Gasteiger partial charge in [0.25, 0.3) is 0 Å². The third-order valence-corrected chi connectivity index (χ3v) is 4.26. The Bertz CT molecular complexity index is 473. The minimum atomic E-state index is -0.384. The van der Waals surface area contributed by atoms with Crippen LogP contribution in [0.2, 0.25) is 10.0 Å². The van der Waals surface area contributed by atoms with Crippen molar-refractivity contribution in [1.82, 2.24) is 4.90 Å². The normalized spacial score (nSPS) is 17.8. The molecule has 1 atom stereocenters. The monoisotopic (exact) mass is 315 g/mol. The van der Waals surface area contributed by atoms with E-state index in [1.54, 1.807) is 12.1 Å². The fourth-order valence-electron chi connectivity index (χ4n) is 2.58. The van der Waals surface area contributed by atoms with Gasteiger partial charge in [0, 0.05) is 0 Å². The van der Waals surface area contributed by atoms with Gasteiger partial charge in [-0.15, -0.1) is 0 Å². The third kappa shape index (κ3) is 3.66. The quantitative estimate of drug-likeness (QED) is 0.784. The van der Waals surface area contributed by atoms with Crippen molar-refractivity contribution >= 4 is 29.2 Å². The minimum absolute atomic E-state index is 0.215. The van der Waals surface area contributed by atoms with E-state index in [0.29, 0.717) is 16.7 Å². The number of carbonyl (C=O) groups is 1. The lowest BCUT2D eigenvalue weighted by Crippen LogP contribution is -2.38. The van der Waals surface area contributed by atoms with E-state index < -0.39 is 0 Å². The zero-order valence-corrected chi connectivity index (χ0v) is 13.1. The van der Waals surface area contributed by atoms with Crippen LogP contribution in [0.15, 0.2) is 18.2 Å². The number of likely N-dealkylation sites (tertiary alicyclic amines) is 1. The first-order valence-corrected chi connectivity index (χ1v) is 7.74. The van der Waals surface area contributed by atoms with E-state index in [-0.39, 0.29) is 12.0 Å². The van der Waals surface area contributed by atoms with E-state index in [1.165, 1.54) is 6.42 Å². The van der Waals surface area contributed by atoms with E-state index >= 15 is 0 Å². The molecule has 1 fully saturated rings. The molecule has 1 aliphatic heterocycles. The second kappa shape index (κ2) is 7.30. The van der Waals surface area contributed by atoms with Crippen LogP contribution in [0.5, 0.6) is 0 Å². The predicted molar refractivity (Wildman–Crippen MR) is 81.3 cm³/mol. The second-order valence-electron chi connectivity index (χ2n) is 4.92. The van der Waals surface area contributed by atoms with Crippen LogP contribution in [0.4, 0.5) is 0 Å². The lowest BCUT2D eigenvalue weighted by Gasteiger charge is -2.33. The van der Waals surface area contributed by atoms with Crippen molar-refractivity contribution in [3.8, 4) is 0 Å². The zero-order chi connectivity index (χ0) is 14.5. The highest BCUT2D eigenvalue weighted by molar-refractivity contribution is 6.42. The second-order valence-corrected chi connectivity index (χ2v) is 5.74. The van der Waals surface area contributed by atoms with E-state index in [9.17, 15) is 4.79 Å². The molecule has 0 saturated carbocycles. The first kappa shape index (κ1) is 15.6. The number of piperidine rings is 1. The lowest BCUT2D eigenvalue weighted by molar-refractivity contribution is -0.150. The summed E-state index contributed by atoms with van der Waals surface area (Å²) in [5.41, 5.74) is 0.847. The number of nitrogens with zero attached hydrogens (tertiary/aromatic N) is 1. The molecule has 1 aromatic carbocycles. The van der Waals surface area contributed by atoms with Gasteiger partial charge in [-0.2, -0.15) is 0 Å². The standard InChI is InChI=1S/C15H19Cl2NO2/c1-2-20-15(19)14(18-8-4-3-5-9-18)11-6-7-12(16)13(17)10-11/h6-7,10,14H,2-5,8-9H2,1H3. The Balaban J connectivity index is 2.28. The number of rotatable bonds is 4. The van der Waals surface area contributed by atoms with Crippen LogP contribution in [0.1, 0.15) is 37.8 Å². The first-order chi connectivity index (χ1) is 9.63. The van der Waals surface area contributed by atoms with Crippen molar-refractivity contribution in [2.45, 2.75) is 32.2 Å². The lowest BCUT2D eigenvalue weighted by atomic mass is 10.0. The highest BCUT2D eigenvalue weighted by Crippen LogP contribution is 2.30. The molecule has 0 N–H and O–H groups in total. The molecule has 3 nitrogen and oxygen atoms in total. The van der Waals surface area contributed by atoms with E-state index in [4.69, 9.17) is 27.9 Å². The number of esters is 1. The Kier molecular flexibility index (Phi) is 5.70. The van der Waals surface area contributed by atoms with Crippen LogP contribution < -0.4 is 0 Å². The van der Waals surface area contributed by atoms with Gasteiger partial charge in [0.15, 0.2) is 0 Å². The number of hydrogen-bond donors (Lipinski definition) is 0. The average molecular weight is 316 g/mol. The molecule has 0 spiro atoms. The number of carbonyl (C=O) groups excluding carboxylic acids is 1. The van der Waals surface area contributed by atoms with Gasteiger partial charge in [0.05, 0.1) is 16.7 Å². The van der Waals surface area contributed by atoms with Crippen molar-refractivity contribution < 1.29 is 9.53 Å². The summed E-state index contributed by atoms with van der Waals surface area (Å²) in [6.07, 6.45) is 3.43. The molecule has 1 aromatic rings. The molecular formula is C15H19Cl2NO2. The first-order valence-electron chi connectivity index (χ1n) is 6.99. The van der Waals surface area contributed by atoms with Gasteiger partial charge in [0.1, 0.15) is 6.04 Å². The molecule has 0 aliphatic carbocycles. The molecule has 0 amide bonds. The van der Waals surface area contributed by atoms with Gasteiger partial charge in [-0.1, -0.05) is 35.7 Å². The molecule has 0 aromatic heterocycles. The summed E-state index contributed by atoms with van der Waals surface area (Å²) >= 11 is 12.0. The van der Waals surface area contributed by atoms with Crippen LogP contribution in [0.25, 0.3) is 0 Å². The van der Waals surface area contributed by atoms with Gasteiger partial charge in [-0.25, -0.2) is 4.79 Å². The summed E-state index contributed by atoms with van der Waals surface area (Å²) in [5.74, 6) is -0.215. The number of halogens is 2. The van der Waals surface area contributed by atoms with Crippen LogP contribution in [-0.4, -0.2) is 30.6 Å². The van der Waals surface area contributed by atoms with Crippen molar-refractivity contribution in [3.63, 3.8) is 0 Å². The molecule has 1 unspecified atom stereocenters. The van der Waals surface area contributed by atoms with Gasteiger partial charge in [-0.3, -0.25) is 4.90 Å². The molecule has 0 bridgehead atoms. The summed E-state index contributed by atoms with van der Waals surface area (Å²) < 4.78 is 5.23. The molecule has 0 radical (unpaired) electrons. The summed E-state index contributed by atoms with van der Waals surface area (Å²) in [6, 6.07) is 4.96. The van der Waals surface area contributed by atoms with E-state index in [0.717, 1.165) is 31.5 Å². The maximum Gasteiger partial charge on any atom is 0.328 e. The third-order valence-electron chi connectivity index (χ3n) is 3.53. The zero-order valence-electron chi connectivity index (χ0n) is 11.6. The molecular weight excluding hydrogens is 297 g/mol. The fraction of sp³-hybridized carbons (Fsp3) is 0.533. The number of benzene rings is 1. The van der Waals surface area contributed by atoms with Gasteiger partial charge < -0.3 is 4.74 Å². The Morgan fingerprint density at radius 2 is 1.95 bits per heavy atom. The van der Waals surface area contributed by atoms with Crippen molar-refractivity contribution in [3.05, 3.63) is 33.8 Å². The van der Waals surface area contributed by atoms with Crippen LogP contribution in [0, 0.1) is 0 Å². The topological polar surface area (TPSA) is 29.5 Å². The molecule has 2 rings (SSSR count). The Hall–Kier alpha value is -0.770. The molecule has 110 valence electrons. The van der Waals surface area contributed by atoms with Crippen molar-refractivity contribution in [2.75, 3.05) is 19.7 Å². The highest BCUT2D eigenvalue weighted by Gasteiger charge is 2.30. The number of ether oxygens (including phenoxy) is 1. The molecule has 5 heteroatoms. The largest absolute Gasteiger partial charge is 0.465 e. The fourth-order valence-corrected chi connectivity index (χ4v) is 2.88. The summed E-state index contributed by atoms with van der Waals surface area (Å²) in [5, 5.41) is 0.965. The minimum Gasteiger partial charge on any atom is -0.465 e. The molecule has 20 heavy (non-hydrogen) atoms. The van der Waals surface area contributed by atoms with Crippen LogP contribution in [0.3, 0.4) is 0 Å². The van der Waals surface area contributed by atoms with Crippen LogP contribution in [-0.2, 0) is 9.53 Å². The molecule has 1 aliphatic rings. The summed E-state index contributed by atoms with van der Waals surface area (Å²) in [7, 11) is 0. The molecule has 1 saturated heterocycles. The predicted octanol–water partition coefficient (Wildman–Crippen LogP) is 4.08. The summed E-state index contributed by atoms with van der Waals surface area (Å²) in [4.78, 5) is 14.5. The Morgan fingerprint density at radius 3 is 2.55 bits per heavy atom. The van der Waals surface area contributed by atoms with Crippen molar-refractivity contribution in [1.29, 1.82) is 0 Å². The van der Waals surface area contributed by atoms with Crippen molar-refractivity contribution in [2.24, 2.45) is 0 Å². The maximum absolute atomic E-state index is 12.3. The summed E-state index contributed by atoms with van der Waals surface area (Å²) in [6.45, 7) is 4.01. The van der Waals surface area contributed by atoms with E-state index in [1.807, 2.05) is 13.0 Å². The average Bonchev–Trinajstić information content (AvgIpc) is 2.44. The Labute approximate surface area is 129 Å².